The van der Waals surface area contributed by atoms with Gasteiger partial charge in [0.1, 0.15) is 0 Å². The molecule has 0 saturated heterocycles. The van der Waals surface area contributed by atoms with Crippen molar-refractivity contribution in [1.82, 2.24) is 0 Å². The van der Waals surface area contributed by atoms with Crippen molar-refractivity contribution in [3.05, 3.63) is 35.9 Å². The van der Waals surface area contributed by atoms with Crippen LogP contribution in [0, 0.1) is 0 Å². The Hall–Kier alpha value is -1.20. The predicted octanol–water partition coefficient (Wildman–Crippen LogP) is 2.69. The number of carbonyl (C=O) groups excluding carboxylic acids is 1. The monoisotopic (exact) mass is 302 g/mol. The Morgan fingerprint density at radius 2 is 1.80 bits per heavy atom. The Labute approximate surface area is 118 Å². The van der Waals surface area contributed by atoms with Crippen LogP contribution in [0.4, 0.5) is 0 Å². The van der Waals surface area contributed by atoms with Gasteiger partial charge in [0.05, 0.1) is 12.2 Å². The molecule has 1 aromatic rings. The van der Waals surface area contributed by atoms with Crippen LogP contribution >= 0.6 is 7.60 Å². The second-order valence-corrected chi connectivity index (χ2v) is 6.18. The molecule has 0 heterocycles. The van der Waals surface area contributed by atoms with Crippen molar-refractivity contribution in [1.29, 1.82) is 0 Å². The maximum Gasteiger partial charge on any atom is 0.372 e. The maximum absolute atomic E-state index is 12.3. The number of rotatable bonds is 8. The van der Waals surface area contributed by atoms with Gasteiger partial charge in [-0.2, -0.15) is 0 Å². The first-order chi connectivity index (χ1) is 9.57. The third kappa shape index (κ3) is 4.42. The lowest BCUT2D eigenvalue weighted by atomic mass is 10.2. The van der Waals surface area contributed by atoms with Crippen molar-refractivity contribution in [3.8, 4) is 0 Å². The molecular formula is C13H19O6P. The molecule has 0 aromatic heterocycles. The van der Waals surface area contributed by atoms with E-state index >= 15 is 0 Å². The van der Waals surface area contributed by atoms with E-state index in [2.05, 4.69) is 0 Å². The van der Waals surface area contributed by atoms with Gasteiger partial charge in [0.15, 0.2) is 0 Å². The number of hydrogen-bond acceptors (Lipinski definition) is 6. The molecule has 1 unspecified atom stereocenters. The molecule has 1 aromatic carbocycles. The van der Waals surface area contributed by atoms with Gasteiger partial charge in [-0.3, -0.25) is 4.57 Å². The van der Waals surface area contributed by atoms with Gasteiger partial charge in [-0.05, 0) is 19.1 Å². The Bertz CT molecular complexity index is 453. The number of esters is 1. The second kappa shape index (κ2) is 8.17. The molecule has 0 saturated carbocycles. The van der Waals surface area contributed by atoms with Crippen LogP contribution in [0.3, 0.4) is 0 Å². The average molecular weight is 302 g/mol. The highest BCUT2D eigenvalue weighted by atomic mass is 31.2. The van der Waals surface area contributed by atoms with Crippen LogP contribution in [0.2, 0.25) is 0 Å². The fourth-order valence-corrected chi connectivity index (χ4v) is 2.62. The average Bonchev–Trinajstić information content (AvgIpc) is 2.51. The molecule has 0 spiro atoms. The standard InChI is InChI=1S/C13H19O6P/c1-4-18-10-12(20(15,16-2)17-3)19-13(14)11-8-6-5-7-9-11/h5-9,12H,4,10H2,1-3H3. The molecule has 0 bridgehead atoms. The van der Waals surface area contributed by atoms with Gasteiger partial charge in [0.25, 0.3) is 0 Å². The first-order valence-electron chi connectivity index (χ1n) is 6.12. The summed E-state index contributed by atoms with van der Waals surface area (Å²) in [6.45, 7) is 2.11. The fraction of sp³-hybridized carbons (Fsp3) is 0.462. The molecule has 7 heteroatoms. The lowest BCUT2D eigenvalue weighted by Crippen LogP contribution is -2.25. The summed E-state index contributed by atoms with van der Waals surface area (Å²) in [6, 6.07) is 8.40. The van der Waals surface area contributed by atoms with Crippen molar-refractivity contribution < 1.29 is 27.9 Å². The Balaban J connectivity index is 2.84. The second-order valence-electron chi connectivity index (χ2n) is 3.79. The molecule has 1 atom stereocenters. The summed E-state index contributed by atoms with van der Waals surface area (Å²) in [5.41, 5.74) is 0.354. The third-order valence-corrected chi connectivity index (χ3v) is 4.56. The lowest BCUT2D eigenvalue weighted by Gasteiger charge is -2.23. The maximum atomic E-state index is 12.3. The van der Waals surface area contributed by atoms with Crippen molar-refractivity contribution in [3.63, 3.8) is 0 Å². The summed E-state index contributed by atoms with van der Waals surface area (Å²) < 4.78 is 32.4. The van der Waals surface area contributed by atoms with E-state index in [9.17, 15) is 9.36 Å². The summed E-state index contributed by atoms with van der Waals surface area (Å²) in [5, 5.41) is 0. The van der Waals surface area contributed by atoms with Crippen LogP contribution in [0.5, 0.6) is 0 Å². The first-order valence-corrected chi connectivity index (χ1v) is 7.73. The normalized spacial score (nSPS) is 12.9. The van der Waals surface area contributed by atoms with E-state index in [1.165, 1.54) is 14.2 Å². The Kier molecular flexibility index (Phi) is 6.88. The highest BCUT2D eigenvalue weighted by Crippen LogP contribution is 2.52. The SMILES string of the molecule is CCOCC(OC(=O)c1ccccc1)P(=O)(OC)OC. The van der Waals surface area contributed by atoms with Crippen molar-refractivity contribution >= 4 is 13.6 Å². The molecule has 6 nitrogen and oxygen atoms in total. The van der Waals surface area contributed by atoms with E-state index in [1.54, 1.807) is 37.3 Å². The van der Waals surface area contributed by atoms with Crippen LogP contribution in [0.15, 0.2) is 30.3 Å². The molecule has 112 valence electrons. The van der Waals surface area contributed by atoms with E-state index in [1.807, 2.05) is 0 Å². The zero-order valence-electron chi connectivity index (χ0n) is 11.8. The quantitative estimate of drug-likeness (QED) is 0.543. The summed E-state index contributed by atoms with van der Waals surface area (Å²) in [4.78, 5) is 12.0. The molecule has 0 aliphatic heterocycles. The van der Waals surface area contributed by atoms with Crippen LogP contribution in [-0.2, 0) is 23.1 Å². The topological polar surface area (TPSA) is 71.1 Å². The fourth-order valence-electron chi connectivity index (χ4n) is 1.48. The zero-order chi connectivity index (χ0) is 15.0. The molecule has 0 fully saturated rings. The highest BCUT2D eigenvalue weighted by Gasteiger charge is 2.38. The minimum atomic E-state index is -3.56. The largest absolute Gasteiger partial charge is 0.443 e. The van der Waals surface area contributed by atoms with E-state index < -0.39 is 19.4 Å². The Morgan fingerprint density at radius 1 is 1.20 bits per heavy atom. The van der Waals surface area contributed by atoms with E-state index in [4.69, 9.17) is 18.5 Å². The Morgan fingerprint density at radius 3 is 2.30 bits per heavy atom. The van der Waals surface area contributed by atoms with Crippen LogP contribution in [0.25, 0.3) is 0 Å². The molecular weight excluding hydrogens is 283 g/mol. The van der Waals surface area contributed by atoms with Gasteiger partial charge >= 0.3 is 13.6 Å². The van der Waals surface area contributed by atoms with Crippen LogP contribution in [0.1, 0.15) is 17.3 Å². The summed E-state index contributed by atoms with van der Waals surface area (Å²) in [7, 11) is -1.09. The van der Waals surface area contributed by atoms with Crippen LogP contribution in [-0.4, -0.2) is 39.2 Å². The summed E-state index contributed by atoms with van der Waals surface area (Å²) in [5.74, 6) is -1.71. The smallest absolute Gasteiger partial charge is 0.372 e. The molecule has 20 heavy (non-hydrogen) atoms. The third-order valence-electron chi connectivity index (χ3n) is 2.58. The molecule has 0 N–H and O–H groups in total. The summed E-state index contributed by atoms with van der Waals surface area (Å²) in [6.07, 6.45) is 0. The van der Waals surface area contributed by atoms with Gasteiger partial charge in [-0.1, -0.05) is 18.2 Å². The molecule has 0 aliphatic carbocycles. The van der Waals surface area contributed by atoms with Gasteiger partial charge in [-0.15, -0.1) is 0 Å². The zero-order valence-corrected chi connectivity index (χ0v) is 12.7. The van der Waals surface area contributed by atoms with Gasteiger partial charge < -0.3 is 18.5 Å². The first kappa shape index (κ1) is 16.9. The van der Waals surface area contributed by atoms with Crippen molar-refractivity contribution in [2.75, 3.05) is 27.4 Å². The van der Waals surface area contributed by atoms with Crippen molar-refractivity contribution in [2.45, 2.75) is 12.8 Å². The molecule has 1 rings (SSSR count). The molecule has 0 aliphatic rings. The highest BCUT2D eigenvalue weighted by molar-refractivity contribution is 7.54. The molecule has 0 radical (unpaired) electrons. The molecule has 0 amide bonds. The minimum Gasteiger partial charge on any atom is -0.443 e. The number of hydrogen-bond donors (Lipinski definition) is 0. The van der Waals surface area contributed by atoms with E-state index in [0.717, 1.165) is 0 Å². The van der Waals surface area contributed by atoms with Gasteiger partial charge in [0.2, 0.25) is 5.85 Å². The van der Waals surface area contributed by atoms with E-state index in [-0.39, 0.29) is 6.61 Å². The van der Waals surface area contributed by atoms with Gasteiger partial charge in [-0.25, -0.2) is 4.79 Å². The summed E-state index contributed by atoms with van der Waals surface area (Å²) >= 11 is 0. The number of ether oxygens (including phenoxy) is 2. The minimum absolute atomic E-state index is 0.0615. The van der Waals surface area contributed by atoms with E-state index in [0.29, 0.717) is 12.2 Å². The van der Waals surface area contributed by atoms with Crippen molar-refractivity contribution in [2.24, 2.45) is 0 Å². The van der Waals surface area contributed by atoms with Crippen LogP contribution < -0.4 is 0 Å². The predicted molar refractivity (Wildman–Crippen MR) is 73.8 cm³/mol. The number of carbonyl (C=O) groups is 1. The lowest BCUT2D eigenvalue weighted by molar-refractivity contribution is 0.0129. The number of benzene rings is 1. The van der Waals surface area contributed by atoms with Gasteiger partial charge in [0, 0.05) is 20.8 Å².